The van der Waals surface area contributed by atoms with E-state index in [0.717, 1.165) is 24.8 Å². The van der Waals surface area contributed by atoms with Crippen LogP contribution < -0.4 is 25.7 Å². The molecule has 1 spiro atoms. The first-order chi connectivity index (χ1) is 17.1. The molecule has 2 amide bonds. The first kappa shape index (κ1) is 24.0. The van der Waals surface area contributed by atoms with Crippen LogP contribution in [0.15, 0.2) is 29.3 Å². The maximum atomic E-state index is 12.9. The fourth-order valence-corrected chi connectivity index (χ4v) is 4.47. The average Bonchev–Trinajstić information content (AvgIpc) is 3.38. The molecule has 1 atom stereocenters. The fraction of sp³-hybridized carbons (Fsp3) is 0.409. The van der Waals surface area contributed by atoms with E-state index < -0.39 is 11.7 Å². The van der Waals surface area contributed by atoms with Gasteiger partial charge in [-0.25, -0.2) is 10.4 Å². The molecule has 14 heteroatoms. The van der Waals surface area contributed by atoms with Crippen molar-refractivity contribution in [2.75, 3.05) is 30.9 Å². The number of aromatic nitrogens is 2. The first-order valence-corrected chi connectivity index (χ1v) is 11.3. The Morgan fingerprint density at radius 3 is 2.67 bits per heavy atom. The number of nitrogens with zero attached hydrogens (tertiary/aromatic N) is 5. The van der Waals surface area contributed by atoms with Gasteiger partial charge in [0.1, 0.15) is 18.3 Å². The van der Waals surface area contributed by atoms with E-state index >= 15 is 0 Å². The molecule has 1 saturated heterocycles. The topological polar surface area (TPSA) is 165 Å². The lowest BCUT2D eigenvalue weighted by Crippen LogP contribution is -2.49. The molecule has 5 rings (SSSR count). The number of para-hydroxylation sites is 1. The van der Waals surface area contributed by atoms with Crippen LogP contribution in [-0.2, 0) is 4.79 Å². The molecule has 3 heterocycles. The predicted octanol–water partition coefficient (Wildman–Crippen LogP) is -0.283. The van der Waals surface area contributed by atoms with Crippen molar-refractivity contribution < 1.29 is 24.5 Å². The number of carbonyl (C=O) groups is 2. The third-order valence-electron chi connectivity index (χ3n) is 6.46. The summed E-state index contributed by atoms with van der Waals surface area (Å²) in [6.07, 6.45) is 3.70. The van der Waals surface area contributed by atoms with E-state index in [0.29, 0.717) is 18.0 Å². The Hall–Kier alpha value is -3.75. The molecule has 0 bridgehead atoms. The number of ether oxygens (including phenoxy) is 1. The Bertz CT molecular complexity index is 1250. The van der Waals surface area contributed by atoms with Gasteiger partial charge in [-0.2, -0.15) is 0 Å². The van der Waals surface area contributed by atoms with Crippen LogP contribution in [0.1, 0.15) is 41.5 Å². The zero-order valence-electron chi connectivity index (χ0n) is 19.7. The molecular formula is C22H25BN8O5. The third-order valence-corrected chi connectivity index (χ3v) is 6.46. The summed E-state index contributed by atoms with van der Waals surface area (Å²) in [6, 6.07) is 6.89. The van der Waals surface area contributed by atoms with Crippen LogP contribution in [0.2, 0.25) is 0 Å². The number of carbonyl (C=O) groups excluding carboxylic acids is 2. The number of amides is 2. The van der Waals surface area contributed by atoms with Crippen LogP contribution in [-0.4, -0.2) is 77.9 Å². The van der Waals surface area contributed by atoms with Crippen LogP contribution in [0.5, 0.6) is 5.75 Å². The zero-order valence-corrected chi connectivity index (χ0v) is 19.7. The van der Waals surface area contributed by atoms with Crippen molar-refractivity contribution in [1.82, 2.24) is 25.9 Å². The Morgan fingerprint density at radius 2 is 2.06 bits per heavy atom. The third kappa shape index (κ3) is 4.45. The Labute approximate surface area is 207 Å². The number of rotatable bonds is 7. The van der Waals surface area contributed by atoms with Crippen LogP contribution >= 0.6 is 0 Å². The largest absolute Gasteiger partial charge is 0.494 e. The number of aliphatic hydroxyl groups is 2. The Morgan fingerprint density at radius 1 is 1.28 bits per heavy atom. The maximum Gasteiger partial charge on any atom is 0.277 e. The number of anilines is 3. The molecule has 1 aromatic heterocycles. The molecule has 13 nitrogen and oxygen atoms in total. The molecule has 36 heavy (non-hydrogen) atoms. The van der Waals surface area contributed by atoms with Crippen molar-refractivity contribution in [3.05, 3.63) is 35.5 Å². The molecule has 1 aliphatic carbocycles. The number of hydrazine groups is 1. The summed E-state index contributed by atoms with van der Waals surface area (Å²) in [4.78, 5) is 31.6. The minimum Gasteiger partial charge on any atom is -0.494 e. The van der Waals surface area contributed by atoms with E-state index in [9.17, 15) is 19.8 Å². The van der Waals surface area contributed by atoms with Gasteiger partial charge in [-0.3, -0.25) is 19.5 Å². The second-order valence-corrected chi connectivity index (χ2v) is 9.09. The SMILES string of the molecule is [B]C(O)(O)NC(=O)c1nnc(N2CCC3(CC3)C2=O)cc1Nc1cccc(C2N=CN(C)N2)c1OC. The van der Waals surface area contributed by atoms with Gasteiger partial charge in [0.2, 0.25) is 5.91 Å². The van der Waals surface area contributed by atoms with Crippen molar-refractivity contribution in [3.8, 4) is 5.75 Å². The van der Waals surface area contributed by atoms with Gasteiger partial charge >= 0.3 is 0 Å². The predicted molar refractivity (Wildman–Crippen MR) is 129 cm³/mol. The Kier molecular flexibility index (Phi) is 5.81. The van der Waals surface area contributed by atoms with Gasteiger partial charge in [-0.15, -0.1) is 10.2 Å². The molecule has 2 radical (unpaired) electrons. The van der Waals surface area contributed by atoms with Gasteiger partial charge in [-0.05, 0) is 25.3 Å². The second-order valence-electron chi connectivity index (χ2n) is 9.09. The summed E-state index contributed by atoms with van der Waals surface area (Å²) in [5.41, 5.74) is 3.95. The van der Waals surface area contributed by atoms with Crippen LogP contribution in [0.3, 0.4) is 0 Å². The minimum absolute atomic E-state index is 0.0134. The fourth-order valence-electron chi connectivity index (χ4n) is 4.47. The molecular weight excluding hydrogens is 467 g/mol. The van der Waals surface area contributed by atoms with E-state index in [1.54, 1.807) is 28.4 Å². The molecule has 2 aliphatic heterocycles. The van der Waals surface area contributed by atoms with E-state index in [-0.39, 0.29) is 34.7 Å². The standard InChI is InChI=1S/C22H25BN8O5/c1-30-11-24-18(29-30)12-4-3-5-13(17(12)36-2)25-14-10-15(31-9-8-21(6-7-21)20(31)33)27-28-16(14)19(32)26-22(23,34)35/h3-5,10-11,18,29,34-35H,6-9H2,1-2H3,(H,25,27)(H,26,32). The average molecular weight is 492 g/mol. The van der Waals surface area contributed by atoms with Crippen LogP contribution in [0.4, 0.5) is 17.2 Å². The van der Waals surface area contributed by atoms with E-state index in [1.807, 2.05) is 18.4 Å². The summed E-state index contributed by atoms with van der Waals surface area (Å²) in [7, 11) is 8.45. The number of hydrogen-bond acceptors (Lipinski definition) is 11. The highest BCUT2D eigenvalue weighted by atomic mass is 16.5. The van der Waals surface area contributed by atoms with Gasteiger partial charge in [0.05, 0.1) is 23.9 Å². The molecule has 1 unspecified atom stereocenters. The summed E-state index contributed by atoms with van der Waals surface area (Å²) < 4.78 is 5.66. The highest BCUT2D eigenvalue weighted by Crippen LogP contribution is 2.54. The number of nitrogens with one attached hydrogen (secondary N) is 3. The lowest BCUT2D eigenvalue weighted by molar-refractivity contribution is -0.121. The highest BCUT2D eigenvalue weighted by molar-refractivity contribution is 6.15. The van der Waals surface area contributed by atoms with Crippen molar-refractivity contribution in [3.63, 3.8) is 0 Å². The quantitative estimate of drug-likeness (QED) is 0.256. The van der Waals surface area contributed by atoms with E-state index in [4.69, 9.17) is 12.6 Å². The van der Waals surface area contributed by atoms with Crippen molar-refractivity contribution in [2.24, 2.45) is 10.4 Å². The summed E-state index contributed by atoms with van der Waals surface area (Å²) in [5, 5.41) is 33.6. The summed E-state index contributed by atoms with van der Waals surface area (Å²) in [6.45, 7) is 0.495. The van der Waals surface area contributed by atoms with Crippen molar-refractivity contribution >= 4 is 43.2 Å². The summed E-state index contributed by atoms with van der Waals surface area (Å²) in [5.74, 6) is -3.24. The number of benzene rings is 1. The van der Waals surface area contributed by atoms with Gasteiger partial charge < -0.3 is 25.6 Å². The molecule has 5 N–H and O–H groups in total. The highest BCUT2D eigenvalue weighted by Gasteiger charge is 2.56. The number of hydrogen-bond donors (Lipinski definition) is 5. The normalized spacial score (nSPS) is 20.2. The van der Waals surface area contributed by atoms with Gasteiger partial charge in [-0.1, -0.05) is 12.1 Å². The van der Waals surface area contributed by atoms with Crippen LogP contribution in [0.25, 0.3) is 0 Å². The van der Waals surface area contributed by atoms with Crippen molar-refractivity contribution in [1.29, 1.82) is 0 Å². The van der Waals surface area contributed by atoms with Gasteiger partial charge in [0, 0.05) is 25.2 Å². The maximum absolute atomic E-state index is 12.9. The summed E-state index contributed by atoms with van der Waals surface area (Å²) >= 11 is 0. The van der Waals surface area contributed by atoms with Gasteiger partial charge in [0.25, 0.3) is 5.91 Å². The lowest BCUT2D eigenvalue weighted by atomic mass is 10.0. The molecule has 1 saturated carbocycles. The first-order valence-electron chi connectivity index (χ1n) is 11.3. The van der Waals surface area contributed by atoms with Crippen LogP contribution in [0, 0.1) is 5.41 Å². The monoisotopic (exact) mass is 492 g/mol. The smallest absolute Gasteiger partial charge is 0.277 e. The van der Waals surface area contributed by atoms with E-state index in [2.05, 4.69) is 25.9 Å². The number of methoxy groups -OCH3 is 1. The van der Waals surface area contributed by atoms with Gasteiger partial charge in [0.15, 0.2) is 25.2 Å². The molecule has 2 fully saturated rings. The molecule has 2 aromatic rings. The Balaban J connectivity index is 1.52. The number of aliphatic imine (C=N–C) groups is 1. The van der Waals surface area contributed by atoms with E-state index in [1.165, 1.54) is 13.2 Å². The second kappa shape index (κ2) is 8.73. The molecule has 186 valence electrons. The molecule has 1 aromatic carbocycles. The molecule has 3 aliphatic rings. The zero-order chi connectivity index (χ0) is 25.7. The lowest BCUT2D eigenvalue weighted by Gasteiger charge is -2.22. The van der Waals surface area contributed by atoms with Crippen molar-refractivity contribution in [2.45, 2.75) is 31.2 Å². The minimum atomic E-state index is -2.96.